The predicted molar refractivity (Wildman–Crippen MR) is 110 cm³/mol. The van der Waals surface area contributed by atoms with Crippen LogP contribution in [0.3, 0.4) is 0 Å². The Balaban J connectivity index is 1.79. The lowest BCUT2D eigenvalue weighted by atomic mass is 10.1. The SMILES string of the molecule is CCCC[C@@H](O)CN1CCN(Cc2nc(C(=O)N(CCC)CCC)co2)CC1. The van der Waals surface area contributed by atoms with Gasteiger partial charge in [0, 0.05) is 45.8 Å². The number of aliphatic hydroxyl groups is 1. The molecule has 1 aliphatic heterocycles. The molecule has 1 amide bonds. The van der Waals surface area contributed by atoms with Crippen LogP contribution in [0, 0.1) is 0 Å². The Bertz CT molecular complexity index is 564. The summed E-state index contributed by atoms with van der Waals surface area (Å²) < 4.78 is 5.58. The molecule has 1 N–H and O–H groups in total. The molecule has 0 spiro atoms. The molecule has 1 atom stereocenters. The number of aliphatic hydroxyl groups excluding tert-OH is 1. The van der Waals surface area contributed by atoms with E-state index < -0.39 is 0 Å². The second kappa shape index (κ2) is 12.2. The maximum absolute atomic E-state index is 12.6. The molecule has 1 aromatic rings. The number of hydrogen-bond donors (Lipinski definition) is 1. The van der Waals surface area contributed by atoms with Gasteiger partial charge in [0.15, 0.2) is 5.69 Å². The van der Waals surface area contributed by atoms with Crippen molar-refractivity contribution in [2.75, 3.05) is 45.8 Å². The molecule has 0 saturated carbocycles. The molecular weight excluding hydrogens is 356 g/mol. The number of carbonyl (C=O) groups is 1. The van der Waals surface area contributed by atoms with E-state index in [-0.39, 0.29) is 12.0 Å². The molecule has 0 bridgehead atoms. The molecule has 28 heavy (non-hydrogen) atoms. The second-order valence-electron chi connectivity index (χ2n) is 7.79. The Kier molecular flexibility index (Phi) is 9.95. The van der Waals surface area contributed by atoms with Gasteiger partial charge in [-0.2, -0.15) is 0 Å². The monoisotopic (exact) mass is 394 g/mol. The summed E-state index contributed by atoms with van der Waals surface area (Å²) in [6.45, 7) is 12.9. The molecule has 0 aliphatic carbocycles. The molecule has 0 aromatic carbocycles. The first-order valence-electron chi connectivity index (χ1n) is 10.9. The van der Waals surface area contributed by atoms with Gasteiger partial charge in [0.2, 0.25) is 5.89 Å². The molecule has 0 radical (unpaired) electrons. The normalized spacial score (nSPS) is 17.0. The summed E-state index contributed by atoms with van der Waals surface area (Å²) in [5, 5.41) is 10.1. The van der Waals surface area contributed by atoms with E-state index in [9.17, 15) is 9.90 Å². The molecule has 2 rings (SSSR count). The standard InChI is InChI=1S/C21H38N4O3/c1-4-7-8-18(26)15-23-11-13-24(14-12-23)16-20-22-19(17-28-20)21(27)25(9-5-2)10-6-3/h17-18,26H,4-16H2,1-3H3/t18-/m1/s1. The second-order valence-corrected chi connectivity index (χ2v) is 7.79. The summed E-state index contributed by atoms with van der Waals surface area (Å²) in [6, 6.07) is 0. The zero-order chi connectivity index (χ0) is 20.4. The van der Waals surface area contributed by atoms with Gasteiger partial charge >= 0.3 is 0 Å². The number of β-amino-alcohol motifs (C(OH)–C–C–N with tert-alkyl or cyclic N) is 1. The fourth-order valence-corrected chi connectivity index (χ4v) is 3.65. The van der Waals surface area contributed by atoms with Crippen LogP contribution in [0.15, 0.2) is 10.7 Å². The molecular formula is C21H38N4O3. The molecule has 0 unspecified atom stereocenters. The van der Waals surface area contributed by atoms with Crippen molar-refractivity contribution in [3.63, 3.8) is 0 Å². The van der Waals surface area contributed by atoms with Crippen LogP contribution in [0.25, 0.3) is 0 Å². The lowest BCUT2D eigenvalue weighted by Crippen LogP contribution is -2.48. The zero-order valence-corrected chi connectivity index (χ0v) is 17.9. The highest BCUT2D eigenvalue weighted by Crippen LogP contribution is 2.12. The van der Waals surface area contributed by atoms with Crippen molar-refractivity contribution >= 4 is 5.91 Å². The van der Waals surface area contributed by atoms with Crippen molar-refractivity contribution in [2.45, 2.75) is 65.5 Å². The number of amides is 1. The molecule has 1 fully saturated rings. The first kappa shape index (κ1) is 22.8. The Hall–Kier alpha value is -1.44. The largest absolute Gasteiger partial charge is 0.447 e. The Labute approximate surface area is 169 Å². The van der Waals surface area contributed by atoms with E-state index in [1.807, 2.05) is 4.90 Å². The number of oxazole rings is 1. The van der Waals surface area contributed by atoms with Crippen molar-refractivity contribution in [1.82, 2.24) is 19.7 Å². The minimum absolute atomic E-state index is 0.0374. The molecule has 2 heterocycles. The number of aromatic nitrogens is 1. The molecule has 7 nitrogen and oxygen atoms in total. The predicted octanol–water partition coefficient (Wildman–Crippen LogP) is 2.61. The van der Waals surface area contributed by atoms with Gasteiger partial charge in [0.1, 0.15) is 6.26 Å². The van der Waals surface area contributed by atoms with Gasteiger partial charge < -0.3 is 14.4 Å². The van der Waals surface area contributed by atoms with Gasteiger partial charge in [-0.15, -0.1) is 0 Å². The van der Waals surface area contributed by atoms with Gasteiger partial charge in [0.25, 0.3) is 5.91 Å². The van der Waals surface area contributed by atoms with Crippen LogP contribution >= 0.6 is 0 Å². The lowest BCUT2D eigenvalue weighted by Gasteiger charge is -2.35. The zero-order valence-electron chi connectivity index (χ0n) is 17.9. The van der Waals surface area contributed by atoms with E-state index in [2.05, 4.69) is 35.6 Å². The third-order valence-corrected chi connectivity index (χ3v) is 5.23. The molecule has 1 saturated heterocycles. The summed E-state index contributed by atoms with van der Waals surface area (Å²) in [7, 11) is 0. The topological polar surface area (TPSA) is 73.1 Å². The number of rotatable bonds is 12. The average molecular weight is 395 g/mol. The maximum Gasteiger partial charge on any atom is 0.275 e. The van der Waals surface area contributed by atoms with Gasteiger partial charge in [-0.1, -0.05) is 33.6 Å². The van der Waals surface area contributed by atoms with Crippen LogP contribution in [0.1, 0.15) is 69.3 Å². The molecule has 160 valence electrons. The Morgan fingerprint density at radius 1 is 1.14 bits per heavy atom. The van der Waals surface area contributed by atoms with E-state index in [0.29, 0.717) is 18.1 Å². The number of hydrogen-bond acceptors (Lipinski definition) is 6. The van der Waals surface area contributed by atoms with Crippen molar-refractivity contribution in [1.29, 1.82) is 0 Å². The number of carbonyl (C=O) groups excluding carboxylic acids is 1. The Morgan fingerprint density at radius 3 is 2.39 bits per heavy atom. The highest BCUT2D eigenvalue weighted by molar-refractivity contribution is 5.91. The summed E-state index contributed by atoms with van der Waals surface area (Å²) >= 11 is 0. The Morgan fingerprint density at radius 2 is 1.79 bits per heavy atom. The highest BCUT2D eigenvalue weighted by atomic mass is 16.3. The summed E-state index contributed by atoms with van der Waals surface area (Å²) in [4.78, 5) is 23.5. The van der Waals surface area contributed by atoms with Crippen molar-refractivity contribution in [3.05, 3.63) is 17.8 Å². The molecule has 7 heteroatoms. The number of piperazine rings is 1. The molecule has 1 aromatic heterocycles. The van der Waals surface area contributed by atoms with Crippen LogP contribution in [0.5, 0.6) is 0 Å². The smallest absolute Gasteiger partial charge is 0.275 e. The first-order valence-corrected chi connectivity index (χ1v) is 10.9. The lowest BCUT2D eigenvalue weighted by molar-refractivity contribution is 0.0627. The fraction of sp³-hybridized carbons (Fsp3) is 0.810. The third kappa shape index (κ3) is 7.18. The van der Waals surface area contributed by atoms with Gasteiger partial charge in [-0.25, -0.2) is 4.98 Å². The van der Waals surface area contributed by atoms with Crippen LogP contribution in [0.2, 0.25) is 0 Å². The van der Waals surface area contributed by atoms with Crippen LogP contribution in [-0.4, -0.2) is 82.6 Å². The van der Waals surface area contributed by atoms with Gasteiger partial charge in [-0.05, 0) is 19.3 Å². The van der Waals surface area contributed by atoms with Crippen LogP contribution in [0.4, 0.5) is 0 Å². The minimum atomic E-state index is -0.221. The van der Waals surface area contributed by atoms with Crippen LogP contribution < -0.4 is 0 Å². The van der Waals surface area contributed by atoms with E-state index in [1.165, 1.54) is 6.26 Å². The van der Waals surface area contributed by atoms with Crippen molar-refractivity contribution in [2.24, 2.45) is 0 Å². The maximum atomic E-state index is 12.6. The van der Waals surface area contributed by atoms with E-state index >= 15 is 0 Å². The number of nitrogens with zero attached hydrogens (tertiary/aromatic N) is 4. The molecule has 1 aliphatic rings. The summed E-state index contributed by atoms with van der Waals surface area (Å²) in [5.74, 6) is 0.567. The quantitative estimate of drug-likeness (QED) is 0.587. The van der Waals surface area contributed by atoms with Crippen molar-refractivity contribution in [3.8, 4) is 0 Å². The van der Waals surface area contributed by atoms with Gasteiger partial charge in [0.05, 0.1) is 12.6 Å². The number of unbranched alkanes of at least 4 members (excludes halogenated alkanes) is 1. The first-order chi connectivity index (χ1) is 13.6. The average Bonchev–Trinajstić information content (AvgIpc) is 3.15. The van der Waals surface area contributed by atoms with Gasteiger partial charge in [-0.3, -0.25) is 14.6 Å². The third-order valence-electron chi connectivity index (χ3n) is 5.23. The summed E-state index contributed by atoms with van der Waals surface area (Å²) in [5.41, 5.74) is 0.412. The van der Waals surface area contributed by atoms with E-state index in [1.54, 1.807) is 0 Å². The van der Waals surface area contributed by atoms with Crippen LogP contribution in [-0.2, 0) is 6.54 Å². The summed E-state index contributed by atoms with van der Waals surface area (Å²) in [6.07, 6.45) is 6.25. The highest BCUT2D eigenvalue weighted by Gasteiger charge is 2.22. The van der Waals surface area contributed by atoms with Crippen molar-refractivity contribution < 1.29 is 14.3 Å². The minimum Gasteiger partial charge on any atom is -0.447 e. The fourth-order valence-electron chi connectivity index (χ4n) is 3.65. The van der Waals surface area contributed by atoms with E-state index in [0.717, 1.165) is 77.9 Å². The van der Waals surface area contributed by atoms with E-state index in [4.69, 9.17) is 4.42 Å².